The van der Waals surface area contributed by atoms with Crippen LogP contribution in [0.3, 0.4) is 0 Å². The molecule has 2 rings (SSSR count). The van der Waals surface area contributed by atoms with Gasteiger partial charge in [-0.25, -0.2) is 21.6 Å². The van der Waals surface area contributed by atoms with Crippen LogP contribution in [-0.4, -0.2) is 59.4 Å². The molecule has 1 amide bonds. The van der Waals surface area contributed by atoms with Crippen molar-refractivity contribution in [3.05, 3.63) is 41.3 Å². The highest BCUT2D eigenvalue weighted by molar-refractivity contribution is 7.92. The lowest BCUT2D eigenvalue weighted by Crippen LogP contribution is -2.39. The summed E-state index contributed by atoms with van der Waals surface area (Å²) in [6, 6.07) is 8.24. The first-order valence-electron chi connectivity index (χ1n) is 8.03. The van der Waals surface area contributed by atoms with Crippen molar-refractivity contribution in [2.45, 2.75) is 12.5 Å². The van der Waals surface area contributed by atoms with Crippen LogP contribution in [0.25, 0.3) is 6.08 Å². The third-order valence-corrected chi connectivity index (χ3v) is 6.43. The van der Waals surface area contributed by atoms with Crippen molar-refractivity contribution in [3.63, 3.8) is 0 Å². The van der Waals surface area contributed by atoms with Crippen LogP contribution in [0.15, 0.2) is 35.7 Å². The highest BCUT2D eigenvalue weighted by Crippen LogP contribution is 2.10. The Hall–Kier alpha value is -2.24. The number of hydrogen-bond acceptors (Lipinski definition) is 7. The second kappa shape index (κ2) is 9.11. The monoisotopic (exact) mass is 416 g/mol. The van der Waals surface area contributed by atoms with Gasteiger partial charge in [0.25, 0.3) is 5.91 Å². The molecular weight excluding hydrogens is 396 g/mol. The second-order valence-electron chi connectivity index (χ2n) is 5.91. The normalized spacial score (nSPS) is 19.0. The number of benzene rings is 1. The van der Waals surface area contributed by atoms with Crippen LogP contribution in [0.5, 0.6) is 0 Å². The number of nitrogens with one attached hydrogen (secondary N) is 2. The molecule has 1 atom stereocenters. The van der Waals surface area contributed by atoms with Gasteiger partial charge in [-0.1, -0.05) is 30.3 Å². The highest BCUT2D eigenvalue weighted by Gasteiger charge is 2.29. The van der Waals surface area contributed by atoms with E-state index in [1.807, 2.05) is 4.72 Å². The van der Waals surface area contributed by atoms with Crippen molar-refractivity contribution in [3.8, 4) is 0 Å². The Balaban J connectivity index is 1.70. The summed E-state index contributed by atoms with van der Waals surface area (Å²) in [4.78, 5) is 23.2. The van der Waals surface area contributed by atoms with Gasteiger partial charge in [-0.05, 0) is 18.1 Å². The van der Waals surface area contributed by atoms with Gasteiger partial charge in [0.1, 0.15) is 6.54 Å². The van der Waals surface area contributed by atoms with E-state index in [9.17, 15) is 26.4 Å². The van der Waals surface area contributed by atoms with Crippen LogP contribution in [-0.2, 0) is 34.2 Å². The first kappa shape index (κ1) is 21.1. The topological polar surface area (TPSA) is 136 Å². The molecule has 1 aliphatic heterocycles. The van der Waals surface area contributed by atoms with E-state index in [2.05, 4.69) is 10.1 Å². The smallest absolute Gasteiger partial charge is 0.321 e. The molecule has 0 saturated carbocycles. The second-order valence-corrected chi connectivity index (χ2v) is 9.79. The molecule has 148 valence electrons. The molecule has 1 unspecified atom stereocenters. The van der Waals surface area contributed by atoms with Crippen molar-refractivity contribution in [1.82, 2.24) is 10.0 Å². The molecule has 0 aromatic heterocycles. The fourth-order valence-corrected chi connectivity index (χ4v) is 4.74. The molecule has 1 aromatic rings. The number of sulfonamides is 1. The van der Waals surface area contributed by atoms with Crippen LogP contribution in [0.1, 0.15) is 12.0 Å². The van der Waals surface area contributed by atoms with Gasteiger partial charge in [0.05, 0.1) is 11.5 Å². The van der Waals surface area contributed by atoms with Crippen molar-refractivity contribution in [2.75, 3.05) is 24.7 Å². The summed E-state index contributed by atoms with van der Waals surface area (Å²) in [6.45, 7) is -1.25. The summed E-state index contributed by atoms with van der Waals surface area (Å²) in [5.41, 5.74) is 0.677. The zero-order valence-corrected chi connectivity index (χ0v) is 16.0. The highest BCUT2D eigenvalue weighted by atomic mass is 32.2. The van der Waals surface area contributed by atoms with Gasteiger partial charge in [-0.2, -0.15) is 0 Å². The maximum Gasteiger partial charge on any atom is 0.321 e. The molecular formula is C16H20N2O7S2. The number of carbonyl (C=O) groups is 2. The third kappa shape index (κ3) is 7.89. The predicted molar refractivity (Wildman–Crippen MR) is 98.6 cm³/mol. The summed E-state index contributed by atoms with van der Waals surface area (Å²) >= 11 is 0. The Morgan fingerprint density at radius 1 is 1.22 bits per heavy atom. The van der Waals surface area contributed by atoms with Crippen LogP contribution in [0.2, 0.25) is 0 Å². The molecule has 1 aliphatic rings. The summed E-state index contributed by atoms with van der Waals surface area (Å²) in [5.74, 6) is -1.70. The van der Waals surface area contributed by atoms with Gasteiger partial charge in [0.2, 0.25) is 10.0 Å². The largest absolute Gasteiger partial charge is 0.455 e. The van der Waals surface area contributed by atoms with E-state index in [-0.39, 0.29) is 11.5 Å². The van der Waals surface area contributed by atoms with Crippen LogP contribution >= 0.6 is 0 Å². The number of amides is 1. The minimum atomic E-state index is -3.84. The van der Waals surface area contributed by atoms with Crippen LogP contribution in [0.4, 0.5) is 0 Å². The number of rotatable bonds is 8. The van der Waals surface area contributed by atoms with Gasteiger partial charge in [-0.3, -0.25) is 9.59 Å². The number of ether oxygens (including phenoxy) is 1. The lowest BCUT2D eigenvalue weighted by molar-refractivity contribution is -0.147. The molecule has 1 aromatic carbocycles. The standard InChI is InChI=1S/C16H20N2O7S2/c19-15(18-14-7-8-26(21,22)12-14)11-25-16(20)10-17-27(23,24)9-6-13-4-2-1-3-5-13/h1-6,9,14,17H,7-8,10-12H2,(H,18,19). The lowest BCUT2D eigenvalue weighted by atomic mass is 10.2. The van der Waals surface area contributed by atoms with Crippen molar-refractivity contribution < 1.29 is 31.2 Å². The summed E-state index contributed by atoms with van der Waals surface area (Å²) in [5, 5.41) is 3.38. The minimum Gasteiger partial charge on any atom is -0.455 e. The number of sulfone groups is 1. The molecule has 0 radical (unpaired) electrons. The Morgan fingerprint density at radius 3 is 2.56 bits per heavy atom. The van der Waals surface area contributed by atoms with E-state index in [0.29, 0.717) is 12.0 Å². The molecule has 0 spiro atoms. The number of carbonyl (C=O) groups excluding carboxylic acids is 2. The summed E-state index contributed by atoms with van der Waals surface area (Å²) in [6.07, 6.45) is 1.69. The zero-order chi connectivity index (χ0) is 19.9. The van der Waals surface area contributed by atoms with E-state index in [4.69, 9.17) is 0 Å². The average molecular weight is 416 g/mol. The quantitative estimate of drug-likeness (QED) is 0.541. The molecule has 27 heavy (non-hydrogen) atoms. The zero-order valence-electron chi connectivity index (χ0n) is 14.3. The van der Waals surface area contributed by atoms with E-state index in [1.165, 1.54) is 6.08 Å². The molecule has 1 saturated heterocycles. The molecule has 0 aliphatic carbocycles. The van der Waals surface area contributed by atoms with E-state index in [1.54, 1.807) is 30.3 Å². The van der Waals surface area contributed by atoms with E-state index < -0.39 is 50.9 Å². The summed E-state index contributed by atoms with van der Waals surface area (Å²) < 4.78 is 52.9. The molecule has 1 heterocycles. The Labute approximate surface area is 157 Å². The molecule has 11 heteroatoms. The van der Waals surface area contributed by atoms with Crippen molar-refractivity contribution >= 4 is 37.8 Å². The summed E-state index contributed by atoms with van der Waals surface area (Å²) in [7, 11) is -6.97. The predicted octanol–water partition coefficient (Wildman–Crippen LogP) is -0.577. The van der Waals surface area contributed by atoms with Crippen molar-refractivity contribution in [2.24, 2.45) is 0 Å². The van der Waals surface area contributed by atoms with Crippen LogP contribution in [0, 0.1) is 0 Å². The first-order chi connectivity index (χ1) is 12.7. The first-order valence-corrected chi connectivity index (χ1v) is 11.4. The number of esters is 1. The average Bonchev–Trinajstić information content (AvgIpc) is 2.96. The van der Waals surface area contributed by atoms with Gasteiger partial charge < -0.3 is 10.1 Å². The Bertz CT molecular complexity index is 909. The van der Waals surface area contributed by atoms with Crippen LogP contribution < -0.4 is 10.0 Å². The fourth-order valence-electron chi connectivity index (χ4n) is 2.32. The number of hydrogen-bond donors (Lipinski definition) is 2. The van der Waals surface area contributed by atoms with Crippen molar-refractivity contribution in [1.29, 1.82) is 0 Å². The SMILES string of the molecule is O=C(COC(=O)CNS(=O)(=O)C=Cc1ccccc1)NC1CCS(=O)(=O)C1. The maximum absolute atomic E-state index is 11.8. The maximum atomic E-state index is 11.8. The van der Waals surface area contributed by atoms with Gasteiger partial charge in [-0.15, -0.1) is 0 Å². The molecule has 2 N–H and O–H groups in total. The Morgan fingerprint density at radius 2 is 1.93 bits per heavy atom. The van der Waals surface area contributed by atoms with Gasteiger partial charge >= 0.3 is 5.97 Å². The van der Waals surface area contributed by atoms with E-state index >= 15 is 0 Å². The van der Waals surface area contributed by atoms with E-state index in [0.717, 1.165) is 5.41 Å². The lowest BCUT2D eigenvalue weighted by Gasteiger charge is -2.11. The minimum absolute atomic E-state index is 0.00993. The fraction of sp³-hybridized carbons (Fsp3) is 0.375. The third-order valence-electron chi connectivity index (χ3n) is 3.62. The van der Waals surface area contributed by atoms with Gasteiger partial charge in [0, 0.05) is 11.4 Å². The molecule has 9 nitrogen and oxygen atoms in total. The Kier molecular flexibility index (Phi) is 7.11. The van der Waals surface area contributed by atoms with Gasteiger partial charge in [0.15, 0.2) is 16.4 Å². The molecule has 1 fully saturated rings. The molecule has 0 bridgehead atoms.